The Labute approximate surface area is 85.9 Å². The number of nitrogens with zero attached hydrogens (tertiary/aromatic N) is 2. The molecule has 2 aromatic rings. The number of aromatic nitrogens is 2. The van der Waals surface area contributed by atoms with E-state index in [1.807, 2.05) is 0 Å². The van der Waals surface area contributed by atoms with Gasteiger partial charge >= 0.3 is 0 Å². The van der Waals surface area contributed by atoms with Gasteiger partial charge in [-0.3, -0.25) is 0 Å². The van der Waals surface area contributed by atoms with Gasteiger partial charge < -0.3 is 0 Å². The SMILES string of the molecule is Fc1ccccc1-n1nccc1CCl. The lowest BCUT2D eigenvalue weighted by Crippen LogP contribution is -2.02. The smallest absolute Gasteiger partial charge is 0.148 e. The van der Waals surface area contributed by atoms with Gasteiger partial charge in [0.25, 0.3) is 0 Å². The van der Waals surface area contributed by atoms with Crippen molar-refractivity contribution in [2.24, 2.45) is 0 Å². The molecule has 0 unspecified atom stereocenters. The Balaban J connectivity index is 2.54. The molecule has 14 heavy (non-hydrogen) atoms. The second kappa shape index (κ2) is 3.80. The summed E-state index contributed by atoms with van der Waals surface area (Å²) < 4.78 is 14.9. The number of para-hydroxylation sites is 1. The summed E-state index contributed by atoms with van der Waals surface area (Å²) in [5, 5.41) is 4.01. The van der Waals surface area contributed by atoms with Gasteiger partial charge in [-0.2, -0.15) is 5.10 Å². The van der Waals surface area contributed by atoms with Gasteiger partial charge in [-0.1, -0.05) is 12.1 Å². The molecular weight excluding hydrogens is 203 g/mol. The molecule has 2 rings (SSSR count). The van der Waals surface area contributed by atoms with Crippen LogP contribution in [-0.2, 0) is 5.88 Å². The number of alkyl halides is 1. The second-order valence-electron chi connectivity index (χ2n) is 2.82. The zero-order valence-corrected chi connectivity index (χ0v) is 8.08. The van der Waals surface area contributed by atoms with Crippen molar-refractivity contribution >= 4 is 11.6 Å². The highest BCUT2D eigenvalue weighted by molar-refractivity contribution is 6.16. The monoisotopic (exact) mass is 210 g/mol. The molecule has 4 heteroatoms. The molecule has 0 N–H and O–H groups in total. The van der Waals surface area contributed by atoms with Gasteiger partial charge in [0.05, 0.1) is 11.6 Å². The van der Waals surface area contributed by atoms with Gasteiger partial charge in [-0.15, -0.1) is 11.6 Å². The van der Waals surface area contributed by atoms with Gasteiger partial charge in [-0.25, -0.2) is 9.07 Å². The first-order valence-electron chi connectivity index (χ1n) is 4.16. The molecule has 0 aliphatic heterocycles. The van der Waals surface area contributed by atoms with Crippen LogP contribution in [0.3, 0.4) is 0 Å². The molecule has 2 nitrogen and oxygen atoms in total. The predicted molar refractivity (Wildman–Crippen MR) is 53.1 cm³/mol. The average Bonchev–Trinajstić information content (AvgIpc) is 2.66. The van der Waals surface area contributed by atoms with E-state index < -0.39 is 0 Å². The summed E-state index contributed by atoms with van der Waals surface area (Å²) >= 11 is 5.69. The molecule has 72 valence electrons. The van der Waals surface area contributed by atoms with Crippen molar-refractivity contribution < 1.29 is 4.39 Å². The average molecular weight is 211 g/mol. The van der Waals surface area contributed by atoms with Crippen LogP contribution in [0.2, 0.25) is 0 Å². The van der Waals surface area contributed by atoms with Gasteiger partial charge in [0, 0.05) is 6.20 Å². The first kappa shape index (κ1) is 9.21. The third-order valence-electron chi connectivity index (χ3n) is 1.94. The van der Waals surface area contributed by atoms with Crippen LogP contribution in [-0.4, -0.2) is 9.78 Å². The van der Waals surface area contributed by atoms with Crippen molar-refractivity contribution in [3.05, 3.63) is 48.0 Å². The number of hydrogen-bond donors (Lipinski definition) is 0. The summed E-state index contributed by atoms with van der Waals surface area (Å²) in [6.07, 6.45) is 1.60. The molecule has 1 aromatic heterocycles. The summed E-state index contributed by atoms with van der Waals surface area (Å²) in [5.74, 6) is 0.0106. The van der Waals surface area contributed by atoms with E-state index in [2.05, 4.69) is 5.10 Å². The van der Waals surface area contributed by atoms with Crippen LogP contribution in [0.15, 0.2) is 36.5 Å². The zero-order chi connectivity index (χ0) is 9.97. The summed E-state index contributed by atoms with van der Waals surface area (Å²) in [6, 6.07) is 8.23. The molecule has 0 bridgehead atoms. The Morgan fingerprint density at radius 1 is 1.29 bits per heavy atom. The highest BCUT2D eigenvalue weighted by Crippen LogP contribution is 2.15. The summed E-state index contributed by atoms with van der Waals surface area (Å²) in [6.45, 7) is 0. The van der Waals surface area contributed by atoms with E-state index in [9.17, 15) is 4.39 Å². The fourth-order valence-electron chi connectivity index (χ4n) is 1.27. The molecule has 0 saturated carbocycles. The maximum absolute atomic E-state index is 13.4. The number of halogens is 2. The Morgan fingerprint density at radius 2 is 2.07 bits per heavy atom. The minimum absolute atomic E-state index is 0.303. The highest BCUT2D eigenvalue weighted by atomic mass is 35.5. The molecular formula is C10H8ClFN2. The van der Waals surface area contributed by atoms with E-state index >= 15 is 0 Å². The van der Waals surface area contributed by atoms with Crippen molar-refractivity contribution in [1.82, 2.24) is 9.78 Å². The Kier molecular flexibility index (Phi) is 2.50. The molecule has 0 aliphatic rings. The standard InChI is InChI=1S/C10H8ClFN2/c11-7-8-5-6-13-14(8)10-4-2-1-3-9(10)12/h1-6H,7H2. The third kappa shape index (κ3) is 1.51. The summed E-state index contributed by atoms with van der Waals surface area (Å²) in [5.41, 5.74) is 1.20. The first-order chi connectivity index (χ1) is 6.83. The normalized spacial score (nSPS) is 10.4. The number of benzene rings is 1. The van der Waals surface area contributed by atoms with Gasteiger partial charge in [0.2, 0.25) is 0 Å². The predicted octanol–water partition coefficient (Wildman–Crippen LogP) is 2.75. The fraction of sp³-hybridized carbons (Fsp3) is 0.100. The van der Waals surface area contributed by atoms with Crippen LogP contribution in [0.5, 0.6) is 0 Å². The molecule has 0 radical (unpaired) electrons. The van der Waals surface area contributed by atoms with Gasteiger partial charge in [0.1, 0.15) is 11.5 Å². The van der Waals surface area contributed by atoms with Crippen LogP contribution in [0.1, 0.15) is 5.69 Å². The minimum atomic E-state index is -0.303. The van der Waals surface area contributed by atoms with E-state index in [-0.39, 0.29) is 5.82 Å². The third-order valence-corrected chi connectivity index (χ3v) is 2.21. The van der Waals surface area contributed by atoms with Crippen LogP contribution >= 0.6 is 11.6 Å². The van der Waals surface area contributed by atoms with Gasteiger partial charge in [-0.05, 0) is 18.2 Å². The second-order valence-corrected chi connectivity index (χ2v) is 3.09. The van der Waals surface area contributed by atoms with Crippen LogP contribution < -0.4 is 0 Å². The van der Waals surface area contributed by atoms with E-state index in [1.165, 1.54) is 10.7 Å². The van der Waals surface area contributed by atoms with Crippen molar-refractivity contribution in [2.45, 2.75) is 5.88 Å². The molecule has 0 aliphatic carbocycles. The van der Waals surface area contributed by atoms with Gasteiger partial charge in [0.15, 0.2) is 0 Å². The van der Waals surface area contributed by atoms with Crippen molar-refractivity contribution in [1.29, 1.82) is 0 Å². The van der Waals surface area contributed by atoms with Crippen molar-refractivity contribution in [3.8, 4) is 5.69 Å². The quantitative estimate of drug-likeness (QED) is 0.697. The van der Waals surface area contributed by atoms with Crippen LogP contribution in [0, 0.1) is 5.82 Å². The largest absolute Gasteiger partial charge is 0.234 e. The lowest BCUT2D eigenvalue weighted by atomic mass is 10.3. The lowest BCUT2D eigenvalue weighted by molar-refractivity contribution is 0.608. The van der Waals surface area contributed by atoms with E-state index in [0.717, 1.165) is 5.69 Å². The van der Waals surface area contributed by atoms with Crippen molar-refractivity contribution in [2.75, 3.05) is 0 Å². The van der Waals surface area contributed by atoms with Crippen LogP contribution in [0.4, 0.5) is 4.39 Å². The maximum atomic E-state index is 13.4. The molecule has 0 fully saturated rings. The fourth-order valence-corrected chi connectivity index (χ4v) is 1.47. The van der Waals surface area contributed by atoms with E-state index in [0.29, 0.717) is 11.6 Å². The summed E-state index contributed by atoms with van der Waals surface area (Å²) in [4.78, 5) is 0. The molecule has 1 heterocycles. The topological polar surface area (TPSA) is 17.8 Å². The minimum Gasteiger partial charge on any atom is -0.234 e. The molecule has 0 saturated heterocycles. The molecule has 0 atom stereocenters. The molecule has 0 amide bonds. The van der Waals surface area contributed by atoms with Crippen molar-refractivity contribution in [3.63, 3.8) is 0 Å². The Bertz CT molecular complexity index is 439. The first-order valence-corrected chi connectivity index (χ1v) is 4.70. The molecule has 0 spiro atoms. The maximum Gasteiger partial charge on any atom is 0.148 e. The zero-order valence-electron chi connectivity index (χ0n) is 7.32. The van der Waals surface area contributed by atoms with E-state index in [4.69, 9.17) is 11.6 Å². The Hall–Kier alpha value is -1.35. The Morgan fingerprint density at radius 3 is 2.79 bits per heavy atom. The van der Waals surface area contributed by atoms with Crippen LogP contribution in [0.25, 0.3) is 5.69 Å². The number of hydrogen-bond acceptors (Lipinski definition) is 1. The molecule has 1 aromatic carbocycles. The number of rotatable bonds is 2. The highest BCUT2D eigenvalue weighted by Gasteiger charge is 2.07. The summed E-state index contributed by atoms with van der Waals surface area (Å²) in [7, 11) is 0. The van der Waals surface area contributed by atoms with E-state index in [1.54, 1.807) is 30.5 Å². The lowest BCUT2D eigenvalue weighted by Gasteiger charge is -2.05.